The highest BCUT2D eigenvalue weighted by Gasteiger charge is 2.44. The van der Waals surface area contributed by atoms with Crippen molar-refractivity contribution in [3.63, 3.8) is 0 Å². The largest absolute Gasteiger partial charge is 0.481 e. The van der Waals surface area contributed by atoms with Gasteiger partial charge in [-0.05, 0) is 48.6 Å². The van der Waals surface area contributed by atoms with Crippen LogP contribution in [0.1, 0.15) is 46.8 Å². The van der Waals surface area contributed by atoms with Crippen molar-refractivity contribution in [3.8, 4) is 0 Å². The van der Waals surface area contributed by atoms with E-state index in [-0.39, 0.29) is 23.8 Å². The Bertz CT molecular complexity index is 881. The van der Waals surface area contributed by atoms with E-state index >= 15 is 0 Å². The Hall–Kier alpha value is -3.19. The maximum absolute atomic E-state index is 12.5. The Kier molecular flexibility index (Phi) is 5.52. The number of hydrogen-bond acceptors (Lipinski definition) is 4. The molecule has 0 saturated heterocycles. The Morgan fingerprint density at radius 1 is 1.26 bits per heavy atom. The molecule has 2 aromatic carbocycles. The molecular weight excluding hydrogens is 344 g/mol. The van der Waals surface area contributed by atoms with E-state index in [2.05, 4.69) is 15.7 Å². The molecule has 7 heteroatoms. The van der Waals surface area contributed by atoms with Crippen LogP contribution in [0.5, 0.6) is 0 Å². The molecule has 0 aromatic heterocycles. The number of aliphatic carboxylic acids is 1. The smallest absolute Gasteiger partial charge is 0.307 e. The fourth-order valence-corrected chi connectivity index (χ4v) is 3.10. The average molecular weight is 366 g/mol. The Labute approximate surface area is 157 Å². The predicted molar refractivity (Wildman–Crippen MR) is 103 cm³/mol. The second kappa shape index (κ2) is 8.01. The zero-order valence-electron chi connectivity index (χ0n) is 14.9. The maximum Gasteiger partial charge on any atom is 0.307 e. The predicted octanol–water partition coefficient (Wildman–Crippen LogP) is 2.49. The summed E-state index contributed by atoms with van der Waals surface area (Å²) < 4.78 is 0. The molecule has 1 saturated carbocycles. The number of rotatable bonds is 7. The summed E-state index contributed by atoms with van der Waals surface area (Å²) in [4.78, 5) is 27.7. The highest BCUT2D eigenvalue weighted by molar-refractivity contribution is 5.95. The molecule has 1 aliphatic rings. The Morgan fingerprint density at radius 3 is 2.74 bits per heavy atom. The molecule has 0 bridgehead atoms. The minimum absolute atomic E-state index is 0.0658. The monoisotopic (exact) mass is 366 g/mol. The molecule has 1 aliphatic carbocycles. The third-order valence-electron chi connectivity index (χ3n) is 4.69. The molecule has 3 atom stereocenters. The zero-order chi connectivity index (χ0) is 19.4. The van der Waals surface area contributed by atoms with E-state index in [1.54, 1.807) is 24.3 Å². The van der Waals surface area contributed by atoms with Crippen molar-refractivity contribution < 1.29 is 14.7 Å². The summed E-state index contributed by atoms with van der Waals surface area (Å²) in [6, 6.07) is 14.5. The second-order valence-electron chi connectivity index (χ2n) is 6.63. The minimum Gasteiger partial charge on any atom is -0.481 e. The van der Waals surface area contributed by atoms with Gasteiger partial charge in [0, 0.05) is 5.56 Å². The van der Waals surface area contributed by atoms with E-state index < -0.39 is 5.97 Å². The van der Waals surface area contributed by atoms with Gasteiger partial charge in [0.15, 0.2) is 0 Å². The van der Waals surface area contributed by atoms with Crippen molar-refractivity contribution in [2.75, 3.05) is 0 Å². The van der Waals surface area contributed by atoms with Gasteiger partial charge in [-0.25, -0.2) is 10.8 Å². The van der Waals surface area contributed by atoms with Crippen LogP contribution in [-0.4, -0.2) is 23.3 Å². The van der Waals surface area contributed by atoms with Crippen LogP contribution in [0.3, 0.4) is 0 Å². The first-order valence-electron chi connectivity index (χ1n) is 8.72. The molecule has 5 N–H and O–H groups in total. The first kappa shape index (κ1) is 18.6. The minimum atomic E-state index is -0.751. The van der Waals surface area contributed by atoms with Gasteiger partial charge >= 0.3 is 5.97 Å². The quantitative estimate of drug-likeness (QED) is 0.260. The molecule has 0 radical (unpaired) electrons. The zero-order valence-corrected chi connectivity index (χ0v) is 14.9. The van der Waals surface area contributed by atoms with Crippen LogP contribution in [-0.2, 0) is 4.79 Å². The SMILES string of the molecule is CC(NC(=O)c1cccc(N=CNN)c1)c1cccc(C2CC2C(=O)O)c1. The molecule has 0 heterocycles. The average Bonchev–Trinajstić information content (AvgIpc) is 3.48. The van der Waals surface area contributed by atoms with Gasteiger partial charge in [-0.3, -0.25) is 9.59 Å². The van der Waals surface area contributed by atoms with Crippen molar-refractivity contribution >= 4 is 23.9 Å². The van der Waals surface area contributed by atoms with Gasteiger partial charge in [0.05, 0.1) is 17.6 Å². The molecule has 3 unspecified atom stereocenters. The molecule has 140 valence electrons. The highest BCUT2D eigenvalue weighted by Crippen LogP contribution is 2.47. The summed E-state index contributed by atoms with van der Waals surface area (Å²) in [5, 5.41) is 12.1. The lowest BCUT2D eigenvalue weighted by atomic mass is 10.0. The van der Waals surface area contributed by atoms with Gasteiger partial charge < -0.3 is 15.8 Å². The van der Waals surface area contributed by atoms with Crippen LogP contribution in [0.25, 0.3) is 0 Å². The van der Waals surface area contributed by atoms with E-state index in [4.69, 9.17) is 10.9 Å². The summed E-state index contributed by atoms with van der Waals surface area (Å²) in [6.45, 7) is 1.90. The number of nitrogens with one attached hydrogen (secondary N) is 2. The van der Waals surface area contributed by atoms with Gasteiger partial charge in [0.2, 0.25) is 0 Å². The number of carbonyl (C=O) groups excluding carboxylic acids is 1. The van der Waals surface area contributed by atoms with E-state index in [1.165, 1.54) is 6.34 Å². The number of nitrogens with zero attached hydrogens (tertiary/aromatic N) is 1. The van der Waals surface area contributed by atoms with Gasteiger partial charge in [0.25, 0.3) is 5.91 Å². The number of carboxylic acid groups (broad SMARTS) is 1. The molecule has 3 rings (SSSR count). The molecule has 0 spiro atoms. The van der Waals surface area contributed by atoms with Crippen LogP contribution in [0.2, 0.25) is 0 Å². The summed E-state index contributed by atoms with van der Waals surface area (Å²) in [6.07, 6.45) is 2.01. The van der Waals surface area contributed by atoms with Gasteiger partial charge in [-0.2, -0.15) is 0 Å². The third kappa shape index (κ3) is 4.51. The standard InChI is InChI=1S/C20H22N4O3/c1-12(13-4-2-5-14(8-13)17-10-18(17)20(26)27)24-19(25)15-6-3-7-16(9-15)22-11-23-21/h2-9,11-12,17-18H,10,21H2,1H3,(H,22,23)(H,24,25)(H,26,27). The maximum atomic E-state index is 12.5. The van der Waals surface area contributed by atoms with Gasteiger partial charge in [0.1, 0.15) is 6.34 Å². The summed E-state index contributed by atoms with van der Waals surface area (Å²) in [7, 11) is 0. The number of carbonyl (C=O) groups is 2. The lowest BCUT2D eigenvalue weighted by molar-refractivity contribution is -0.138. The number of amides is 1. The van der Waals surface area contributed by atoms with Crippen molar-refractivity contribution in [1.29, 1.82) is 0 Å². The number of hydrogen-bond donors (Lipinski definition) is 4. The normalized spacial score (nSPS) is 19.5. The second-order valence-corrected chi connectivity index (χ2v) is 6.63. The van der Waals surface area contributed by atoms with Crippen LogP contribution in [0.4, 0.5) is 5.69 Å². The number of aliphatic imine (C=N–C) groups is 1. The third-order valence-corrected chi connectivity index (χ3v) is 4.69. The lowest BCUT2D eigenvalue weighted by Gasteiger charge is -2.16. The number of nitrogens with two attached hydrogens (primary N) is 1. The molecule has 1 amide bonds. The van der Waals surface area contributed by atoms with Crippen LogP contribution in [0.15, 0.2) is 53.5 Å². The molecular formula is C20H22N4O3. The number of hydrazine groups is 1. The van der Waals surface area contributed by atoms with E-state index in [1.807, 2.05) is 31.2 Å². The number of carboxylic acids is 1. The first-order valence-corrected chi connectivity index (χ1v) is 8.72. The first-order chi connectivity index (χ1) is 13.0. The van der Waals surface area contributed by atoms with Crippen molar-refractivity contribution in [1.82, 2.24) is 10.7 Å². The molecule has 2 aromatic rings. The Balaban J connectivity index is 1.68. The molecule has 27 heavy (non-hydrogen) atoms. The van der Waals surface area contributed by atoms with Crippen molar-refractivity contribution in [3.05, 3.63) is 65.2 Å². The van der Waals surface area contributed by atoms with Crippen molar-refractivity contribution in [2.45, 2.75) is 25.3 Å². The summed E-state index contributed by atoms with van der Waals surface area (Å²) in [5.41, 5.74) is 5.38. The lowest BCUT2D eigenvalue weighted by Crippen LogP contribution is -2.26. The van der Waals surface area contributed by atoms with Gasteiger partial charge in [-0.1, -0.05) is 30.3 Å². The fourth-order valence-electron chi connectivity index (χ4n) is 3.10. The summed E-state index contributed by atoms with van der Waals surface area (Å²) >= 11 is 0. The van der Waals surface area contributed by atoms with Gasteiger partial charge in [-0.15, -0.1) is 0 Å². The fraction of sp³-hybridized carbons (Fsp3) is 0.250. The molecule has 0 aliphatic heterocycles. The van der Waals surface area contributed by atoms with E-state index in [0.29, 0.717) is 17.7 Å². The van der Waals surface area contributed by atoms with E-state index in [0.717, 1.165) is 11.1 Å². The molecule has 1 fully saturated rings. The summed E-state index contributed by atoms with van der Waals surface area (Å²) in [5.74, 6) is 3.97. The highest BCUT2D eigenvalue weighted by atomic mass is 16.4. The van der Waals surface area contributed by atoms with Crippen molar-refractivity contribution in [2.24, 2.45) is 16.8 Å². The van der Waals surface area contributed by atoms with Crippen LogP contribution < -0.4 is 16.6 Å². The van der Waals surface area contributed by atoms with Crippen LogP contribution in [0, 0.1) is 5.92 Å². The topological polar surface area (TPSA) is 117 Å². The van der Waals surface area contributed by atoms with E-state index in [9.17, 15) is 9.59 Å². The van der Waals surface area contributed by atoms with Crippen LogP contribution >= 0.6 is 0 Å². The Morgan fingerprint density at radius 2 is 2.04 bits per heavy atom. The number of benzene rings is 2. The molecule has 7 nitrogen and oxygen atoms in total.